The van der Waals surface area contributed by atoms with Crippen molar-refractivity contribution in [2.75, 3.05) is 5.73 Å². The topological polar surface area (TPSA) is 78.0 Å². The highest BCUT2D eigenvalue weighted by Crippen LogP contribution is 2.31. The van der Waals surface area contributed by atoms with E-state index in [1.807, 2.05) is 0 Å². The lowest BCUT2D eigenvalue weighted by Crippen LogP contribution is -2.11. The maximum atomic E-state index is 12.5. The molecule has 0 atom stereocenters. The minimum atomic E-state index is -3.71. The van der Waals surface area contributed by atoms with Crippen LogP contribution in [0.15, 0.2) is 23.1 Å². The molecule has 20 heavy (non-hydrogen) atoms. The van der Waals surface area contributed by atoms with Gasteiger partial charge in [0.1, 0.15) is 4.90 Å². The number of nitrogens with two attached hydrogens (primary N) is 1. The van der Waals surface area contributed by atoms with Gasteiger partial charge in [0.15, 0.2) is 9.84 Å². The molecule has 0 amide bonds. The van der Waals surface area contributed by atoms with E-state index in [0.29, 0.717) is 16.4 Å². The van der Waals surface area contributed by atoms with E-state index in [9.17, 15) is 8.42 Å². The number of nitrogens with zero attached hydrogens (tertiary/aromatic N) is 2. The van der Waals surface area contributed by atoms with Crippen LogP contribution in [0.3, 0.4) is 0 Å². The number of sulfone groups is 1. The van der Waals surface area contributed by atoms with Crippen LogP contribution in [-0.2, 0) is 22.6 Å². The molecule has 2 N–H and O–H groups in total. The van der Waals surface area contributed by atoms with Crippen molar-refractivity contribution in [3.8, 4) is 0 Å². The van der Waals surface area contributed by atoms with E-state index in [0.717, 1.165) is 0 Å². The summed E-state index contributed by atoms with van der Waals surface area (Å²) >= 11 is 12.0. The molecule has 0 radical (unpaired) electrons. The summed E-state index contributed by atoms with van der Waals surface area (Å²) in [6, 6.07) is 4.58. The first-order valence-corrected chi connectivity index (χ1v) is 8.09. The quantitative estimate of drug-likeness (QED) is 0.875. The number of hydrogen-bond acceptors (Lipinski definition) is 4. The molecule has 2 rings (SSSR count). The summed E-state index contributed by atoms with van der Waals surface area (Å²) in [5.74, 6) is -0.308. The van der Waals surface area contributed by atoms with Crippen molar-refractivity contribution >= 4 is 38.7 Å². The second-order valence-electron chi connectivity index (χ2n) is 4.39. The van der Waals surface area contributed by atoms with Gasteiger partial charge in [0.2, 0.25) is 0 Å². The minimum Gasteiger partial charge on any atom is -0.398 e. The first kappa shape index (κ1) is 15.2. The van der Waals surface area contributed by atoms with Gasteiger partial charge in [0.25, 0.3) is 0 Å². The summed E-state index contributed by atoms with van der Waals surface area (Å²) in [7, 11) is -2.07. The van der Waals surface area contributed by atoms with Crippen LogP contribution in [0, 0.1) is 6.92 Å². The van der Waals surface area contributed by atoms with Crippen molar-refractivity contribution < 1.29 is 8.42 Å². The third-order valence-electron chi connectivity index (χ3n) is 2.90. The van der Waals surface area contributed by atoms with Gasteiger partial charge in [-0.25, -0.2) is 8.42 Å². The first-order valence-electron chi connectivity index (χ1n) is 5.68. The van der Waals surface area contributed by atoms with Gasteiger partial charge in [-0.15, -0.1) is 0 Å². The number of benzene rings is 1. The predicted molar refractivity (Wildman–Crippen MR) is 79.7 cm³/mol. The van der Waals surface area contributed by atoms with Gasteiger partial charge >= 0.3 is 0 Å². The van der Waals surface area contributed by atoms with Crippen LogP contribution in [0.2, 0.25) is 10.0 Å². The molecule has 0 saturated carbocycles. The molecule has 0 aliphatic carbocycles. The van der Waals surface area contributed by atoms with E-state index < -0.39 is 9.84 Å². The van der Waals surface area contributed by atoms with Gasteiger partial charge in [-0.3, -0.25) is 4.68 Å². The van der Waals surface area contributed by atoms with Gasteiger partial charge in [0, 0.05) is 7.05 Å². The zero-order valence-corrected chi connectivity index (χ0v) is 13.2. The van der Waals surface area contributed by atoms with Crippen LogP contribution < -0.4 is 5.73 Å². The molecule has 2 aromatic rings. The fourth-order valence-electron chi connectivity index (χ4n) is 1.94. The van der Waals surface area contributed by atoms with Gasteiger partial charge < -0.3 is 5.73 Å². The van der Waals surface area contributed by atoms with Crippen LogP contribution in [-0.4, -0.2) is 18.2 Å². The molecule has 0 bridgehead atoms. The lowest BCUT2D eigenvalue weighted by atomic mass is 10.3. The molecular weight excluding hydrogens is 321 g/mol. The summed E-state index contributed by atoms with van der Waals surface area (Å²) in [5.41, 5.74) is 6.82. The minimum absolute atomic E-state index is 0.0726. The highest BCUT2D eigenvalue weighted by atomic mass is 35.5. The average molecular weight is 334 g/mol. The number of halogens is 2. The van der Waals surface area contributed by atoms with Gasteiger partial charge in [-0.05, 0) is 19.1 Å². The molecular formula is C12H13Cl2N3O2S. The van der Waals surface area contributed by atoms with Crippen LogP contribution in [0.1, 0.15) is 11.4 Å². The van der Waals surface area contributed by atoms with Crippen LogP contribution >= 0.6 is 23.2 Å². The summed E-state index contributed by atoms with van der Waals surface area (Å²) < 4.78 is 26.4. The van der Waals surface area contributed by atoms with Crippen LogP contribution in [0.5, 0.6) is 0 Å². The van der Waals surface area contributed by atoms with Crippen molar-refractivity contribution in [1.82, 2.24) is 9.78 Å². The van der Waals surface area contributed by atoms with E-state index in [2.05, 4.69) is 5.10 Å². The fraction of sp³-hybridized carbons (Fsp3) is 0.250. The van der Waals surface area contributed by atoms with Crippen molar-refractivity contribution in [2.45, 2.75) is 17.6 Å². The summed E-state index contributed by atoms with van der Waals surface area (Å²) in [6.07, 6.45) is 0. The lowest BCUT2D eigenvalue weighted by molar-refractivity contribution is 0.592. The lowest BCUT2D eigenvalue weighted by Gasteiger charge is -2.10. The van der Waals surface area contributed by atoms with Crippen LogP contribution in [0.4, 0.5) is 5.69 Å². The van der Waals surface area contributed by atoms with E-state index in [-0.39, 0.29) is 21.4 Å². The molecule has 0 aliphatic rings. The Hall–Kier alpha value is -1.24. The highest BCUT2D eigenvalue weighted by Gasteiger charge is 2.25. The molecule has 0 aliphatic heterocycles. The van der Waals surface area contributed by atoms with Crippen molar-refractivity contribution in [3.05, 3.63) is 39.6 Å². The molecule has 108 valence electrons. The zero-order valence-electron chi connectivity index (χ0n) is 10.9. The summed E-state index contributed by atoms with van der Waals surface area (Å²) in [5, 5.41) is 4.52. The molecule has 0 fully saturated rings. The van der Waals surface area contributed by atoms with Crippen molar-refractivity contribution in [2.24, 2.45) is 7.05 Å². The highest BCUT2D eigenvalue weighted by molar-refractivity contribution is 7.91. The number of anilines is 1. The van der Waals surface area contributed by atoms with E-state index in [4.69, 9.17) is 28.9 Å². The Morgan fingerprint density at radius 2 is 2.00 bits per heavy atom. The van der Waals surface area contributed by atoms with Crippen molar-refractivity contribution in [3.63, 3.8) is 0 Å². The number of hydrogen-bond donors (Lipinski definition) is 1. The smallest absolute Gasteiger partial charge is 0.187 e. The molecule has 5 nitrogen and oxygen atoms in total. The SMILES string of the molecule is Cc1nn(C)c(CS(=O)(=O)c2c(N)cccc2Cl)c1Cl. The molecule has 1 aromatic heterocycles. The third kappa shape index (κ3) is 2.63. The van der Waals surface area contributed by atoms with Gasteiger partial charge in [0.05, 0.1) is 32.9 Å². The largest absolute Gasteiger partial charge is 0.398 e. The first-order chi connectivity index (χ1) is 9.24. The van der Waals surface area contributed by atoms with E-state index >= 15 is 0 Å². The molecule has 0 spiro atoms. The Bertz CT molecular complexity index is 749. The molecule has 1 aromatic carbocycles. The Kier molecular flexibility index (Phi) is 4.00. The number of aryl methyl sites for hydroxylation is 2. The standard InChI is InChI=1S/C12H13Cl2N3O2S/c1-7-11(14)10(17(2)16-7)6-20(18,19)12-8(13)4-3-5-9(12)15/h3-5H,6,15H2,1-2H3. The number of rotatable bonds is 3. The maximum absolute atomic E-state index is 12.5. The second-order valence-corrected chi connectivity index (χ2v) is 7.10. The number of nitrogen functional groups attached to an aromatic ring is 1. The molecule has 8 heteroatoms. The Morgan fingerprint density at radius 1 is 1.35 bits per heavy atom. The van der Waals surface area contributed by atoms with Gasteiger partial charge in [-0.2, -0.15) is 5.10 Å². The Labute approximate surface area is 127 Å². The fourth-order valence-corrected chi connectivity index (χ4v) is 4.41. The second kappa shape index (κ2) is 5.27. The molecule has 1 heterocycles. The zero-order chi connectivity index (χ0) is 15.1. The normalized spacial score (nSPS) is 11.8. The summed E-state index contributed by atoms with van der Waals surface area (Å²) in [4.78, 5) is -0.0726. The van der Waals surface area contributed by atoms with E-state index in [1.165, 1.54) is 16.8 Å². The van der Waals surface area contributed by atoms with E-state index in [1.54, 1.807) is 20.0 Å². The number of aromatic nitrogens is 2. The average Bonchev–Trinajstić information content (AvgIpc) is 2.55. The Balaban J connectivity index is 2.52. The molecule has 0 saturated heterocycles. The van der Waals surface area contributed by atoms with Crippen LogP contribution in [0.25, 0.3) is 0 Å². The van der Waals surface area contributed by atoms with Crippen molar-refractivity contribution in [1.29, 1.82) is 0 Å². The molecule has 0 unspecified atom stereocenters. The maximum Gasteiger partial charge on any atom is 0.187 e. The Morgan fingerprint density at radius 3 is 2.50 bits per heavy atom. The van der Waals surface area contributed by atoms with Gasteiger partial charge in [-0.1, -0.05) is 29.3 Å². The third-order valence-corrected chi connectivity index (χ3v) is 5.55. The summed E-state index contributed by atoms with van der Waals surface area (Å²) in [6.45, 7) is 1.71. The predicted octanol–water partition coefficient (Wildman–Crippen LogP) is 2.59. The monoisotopic (exact) mass is 333 g/mol.